The minimum Gasteiger partial charge on any atom is -0.352 e. The van der Waals surface area contributed by atoms with Crippen molar-refractivity contribution in [3.05, 3.63) is 34.1 Å². The van der Waals surface area contributed by atoms with Crippen LogP contribution in [0.4, 0.5) is 4.39 Å². The van der Waals surface area contributed by atoms with Gasteiger partial charge in [-0.1, -0.05) is 6.07 Å². The maximum Gasteiger partial charge on any atom is 0.254 e. The summed E-state index contributed by atoms with van der Waals surface area (Å²) in [5.41, 5.74) is 0.0959. The fraction of sp³-hybridized carbons (Fsp3) is 0.500. The molecule has 0 aromatic heterocycles. The van der Waals surface area contributed by atoms with Crippen molar-refractivity contribution in [3.63, 3.8) is 0 Å². The molecule has 1 amide bonds. The van der Waals surface area contributed by atoms with Crippen LogP contribution in [0, 0.1) is 11.7 Å². The Morgan fingerprint density at radius 1 is 1.58 bits per heavy atom. The van der Waals surface area contributed by atoms with Gasteiger partial charge in [0.1, 0.15) is 5.82 Å². The summed E-state index contributed by atoms with van der Waals surface area (Å²) in [7, 11) is 2.09. The summed E-state index contributed by atoms with van der Waals surface area (Å²) in [5, 5.41) is 2.83. The van der Waals surface area contributed by atoms with E-state index >= 15 is 0 Å². The first kappa shape index (κ1) is 14.5. The van der Waals surface area contributed by atoms with Gasteiger partial charge < -0.3 is 10.2 Å². The quantitative estimate of drug-likeness (QED) is 0.925. The van der Waals surface area contributed by atoms with Crippen LogP contribution in [0.15, 0.2) is 22.7 Å². The molecule has 3 nitrogen and oxygen atoms in total. The molecule has 0 aliphatic carbocycles. The first-order valence-electron chi connectivity index (χ1n) is 6.48. The van der Waals surface area contributed by atoms with E-state index in [1.54, 1.807) is 12.1 Å². The Morgan fingerprint density at radius 3 is 3.11 bits per heavy atom. The maximum atomic E-state index is 13.8. The Balaban J connectivity index is 1.92. The highest BCUT2D eigenvalue weighted by Gasteiger charge is 2.19. The molecule has 0 saturated carbocycles. The molecule has 0 bridgehead atoms. The van der Waals surface area contributed by atoms with Gasteiger partial charge in [-0.25, -0.2) is 4.39 Å². The predicted molar refractivity (Wildman–Crippen MR) is 76.7 cm³/mol. The molecule has 1 aromatic carbocycles. The zero-order valence-corrected chi connectivity index (χ0v) is 12.5. The second-order valence-corrected chi connectivity index (χ2v) is 5.94. The maximum absolute atomic E-state index is 13.8. The number of rotatable bonds is 3. The molecule has 0 spiro atoms. The molecular weight excluding hydrogens is 311 g/mol. The average Bonchev–Trinajstić information content (AvgIpc) is 2.39. The number of carbonyl (C=O) groups excluding carboxylic acids is 1. The van der Waals surface area contributed by atoms with Crippen LogP contribution in [0.5, 0.6) is 0 Å². The number of benzene rings is 1. The van der Waals surface area contributed by atoms with Crippen LogP contribution in [-0.2, 0) is 0 Å². The number of amides is 1. The Bertz CT molecular complexity index is 467. The number of likely N-dealkylation sites (tertiary alicyclic amines) is 1. The molecule has 1 aliphatic rings. The van der Waals surface area contributed by atoms with Gasteiger partial charge in [0, 0.05) is 13.1 Å². The zero-order chi connectivity index (χ0) is 13.8. The van der Waals surface area contributed by atoms with Crippen LogP contribution in [-0.4, -0.2) is 37.5 Å². The van der Waals surface area contributed by atoms with Gasteiger partial charge >= 0.3 is 0 Å². The van der Waals surface area contributed by atoms with E-state index in [1.165, 1.54) is 6.07 Å². The lowest BCUT2D eigenvalue weighted by molar-refractivity contribution is 0.0932. The Kier molecular flexibility index (Phi) is 4.93. The third kappa shape index (κ3) is 3.76. The van der Waals surface area contributed by atoms with E-state index in [0.29, 0.717) is 16.9 Å². The smallest absolute Gasteiger partial charge is 0.254 e. The monoisotopic (exact) mass is 328 g/mol. The van der Waals surface area contributed by atoms with Crippen LogP contribution >= 0.6 is 15.9 Å². The summed E-state index contributed by atoms with van der Waals surface area (Å²) in [4.78, 5) is 14.2. The number of nitrogens with zero attached hydrogens (tertiary/aromatic N) is 1. The normalized spacial score (nSPS) is 20.3. The number of halogens is 2. The van der Waals surface area contributed by atoms with Gasteiger partial charge in [-0.2, -0.15) is 0 Å². The highest BCUT2D eigenvalue weighted by Crippen LogP contribution is 2.19. The van der Waals surface area contributed by atoms with Crippen molar-refractivity contribution >= 4 is 21.8 Å². The van der Waals surface area contributed by atoms with Gasteiger partial charge in [-0.05, 0) is 60.4 Å². The molecule has 1 aromatic rings. The van der Waals surface area contributed by atoms with Crippen molar-refractivity contribution in [2.75, 3.05) is 26.7 Å². The molecule has 5 heteroatoms. The lowest BCUT2D eigenvalue weighted by Gasteiger charge is -2.29. The van der Waals surface area contributed by atoms with Gasteiger partial charge in [0.15, 0.2) is 0 Å². The molecule has 1 aliphatic heterocycles. The van der Waals surface area contributed by atoms with Gasteiger partial charge in [0.05, 0.1) is 10.0 Å². The fourth-order valence-corrected chi connectivity index (χ4v) is 2.82. The lowest BCUT2D eigenvalue weighted by atomic mass is 9.98. The van der Waals surface area contributed by atoms with E-state index in [9.17, 15) is 9.18 Å². The minimum atomic E-state index is -0.499. The Labute approximate surface area is 121 Å². The SMILES string of the molecule is CN1CCCC(CNC(=O)c2cccc(Br)c2F)C1. The van der Waals surface area contributed by atoms with Crippen molar-refractivity contribution in [1.82, 2.24) is 10.2 Å². The summed E-state index contributed by atoms with van der Waals surface area (Å²) in [6, 6.07) is 4.75. The van der Waals surface area contributed by atoms with Crippen molar-refractivity contribution in [3.8, 4) is 0 Å². The highest BCUT2D eigenvalue weighted by atomic mass is 79.9. The van der Waals surface area contributed by atoms with Crippen molar-refractivity contribution in [2.45, 2.75) is 12.8 Å². The third-order valence-electron chi connectivity index (χ3n) is 3.47. The van der Waals surface area contributed by atoms with Crippen LogP contribution in [0.1, 0.15) is 23.2 Å². The lowest BCUT2D eigenvalue weighted by Crippen LogP contribution is -2.39. The Morgan fingerprint density at radius 2 is 2.37 bits per heavy atom. The second-order valence-electron chi connectivity index (χ2n) is 5.08. The van der Waals surface area contributed by atoms with E-state index in [1.807, 2.05) is 0 Å². The first-order chi connectivity index (χ1) is 9.08. The topological polar surface area (TPSA) is 32.3 Å². The van der Waals surface area contributed by atoms with Crippen molar-refractivity contribution < 1.29 is 9.18 Å². The first-order valence-corrected chi connectivity index (χ1v) is 7.28. The molecule has 1 fully saturated rings. The molecule has 1 saturated heterocycles. The molecule has 104 valence electrons. The zero-order valence-electron chi connectivity index (χ0n) is 11.0. The number of carbonyl (C=O) groups is 1. The van der Waals surface area contributed by atoms with E-state index in [-0.39, 0.29) is 11.5 Å². The summed E-state index contributed by atoms with van der Waals surface area (Å²) in [6.07, 6.45) is 2.27. The molecule has 1 N–H and O–H groups in total. The summed E-state index contributed by atoms with van der Waals surface area (Å²) in [6.45, 7) is 2.71. The van der Waals surface area contributed by atoms with Crippen molar-refractivity contribution in [2.24, 2.45) is 5.92 Å². The summed E-state index contributed by atoms with van der Waals surface area (Å²) < 4.78 is 14.1. The highest BCUT2D eigenvalue weighted by molar-refractivity contribution is 9.10. The van der Waals surface area contributed by atoms with Crippen molar-refractivity contribution in [1.29, 1.82) is 0 Å². The number of hydrogen-bond acceptors (Lipinski definition) is 2. The van der Waals surface area contributed by atoms with Gasteiger partial charge in [0.2, 0.25) is 0 Å². The standard InChI is InChI=1S/C14H18BrFN2O/c1-18-7-3-4-10(9-18)8-17-14(19)11-5-2-6-12(15)13(11)16/h2,5-6,10H,3-4,7-9H2,1H3,(H,17,19). The molecule has 0 radical (unpaired) electrons. The van der Waals surface area contributed by atoms with E-state index in [0.717, 1.165) is 25.9 Å². The van der Waals surface area contributed by atoms with Gasteiger partial charge in [0.25, 0.3) is 5.91 Å². The number of piperidine rings is 1. The number of hydrogen-bond donors (Lipinski definition) is 1. The van der Waals surface area contributed by atoms with E-state index in [4.69, 9.17) is 0 Å². The third-order valence-corrected chi connectivity index (χ3v) is 4.08. The largest absolute Gasteiger partial charge is 0.352 e. The predicted octanol–water partition coefficient (Wildman–Crippen LogP) is 2.66. The van der Waals surface area contributed by atoms with Crippen LogP contribution in [0.3, 0.4) is 0 Å². The summed E-state index contributed by atoms with van der Waals surface area (Å²) >= 11 is 3.09. The summed E-state index contributed by atoms with van der Waals surface area (Å²) in [5.74, 6) is -0.384. The van der Waals surface area contributed by atoms with E-state index in [2.05, 4.69) is 33.2 Å². The van der Waals surface area contributed by atoms with Gasteiger partial charge in [-0.15, -0.1) is 0 Å². The number of nitrogens with one attached hydrogen (secondary N) is 1. The molecule has 1 heterocycles. The van der Waals surface area contributed by atoms with Gasteiger partial charge in [-0.3, -0.25) is 4.79 Å². The average molecular weight is 329 g/mol. The van der Waals surface area contributed by atoms with Crippen LogP contribution < -0.4 is 5.32 Å². The van der Waals surface area contributed by atoms with Crippen LogP contribution in [0.25, 0.3) is 0 Å². The molecular formula is C14H18BrFN2O. The Hall–Kier alpha value is -0.940. The fourth-order valence-electron chi connectivity index (χ4n) is 2.45. The van der Waals surface area contributed by atoms with E-state index < -0.39 is 5.82 Å². The van der Waals surface area contributed by atoms with Crippen LogP contribution in [0.2, 0.25) is 0 Å². The molecule has 19 heavy (non-hydrogen) atoms. The second kappa shape index (κ2) is 6.48. The minimum absolute atomic E-state index is 0.0959. The molecule has 1 unspecified atom stereocenters. The molecule has 1 atom stereocenters. The molecule has 2 rings (SSSR count).